The van der Waals surface area contributed by atoms with Crippen molar-refractivity contribution in [2.45, 2.75) is 112 Å². The number of rotatable bonds is 24. The van der Waals surface area contributed by atoms with E-state index in [9.17, 15) is 30.0 Å². The molecule has 0 unspecified atom stereocenters. The van der Waals surface area contributed by atoms with Crippen molar-refractivity contribution < 1.29 is 39.5 Å². The van der Waals surface area contributed by atoms with Crippen LogP contribution in [0.2, 0.25) is 0 Å². The number of hydrogen-bond donors (Lipinski definition) is 4. The molecule has 0 saturated carbocycles. The third-order valence-electron chi connectivity index (χ3n) is 20.2. The molecule has 0 bridgehead atoms. The molecule has 0 spiro atoms. The fraction of sp³-hybridized carbons (Fsp3) is 0.340. The lowest BCUT2D eigenvalue weighted by Crippen LogP contribution is -2.48. The number of carbonyl (C=O) groups excluding carboxylic acids is 2. The van der Waals surface area contributed by atoms with Gasteiger partial charge in [-0.2, -0.15) is 0 Å². The highest BCUT2D eigenvalue weighted by atomic mass is 16.5. The van der Waals surface area contributed by atoms with Crippen LogP contribution in [0.4, 0.5) is 5.69 Å². The number of hydrogen-bond acceptors (Lipinski definition) is 12. The maximum atomic E-state index is 12.5. The molecule has 12 nitrogen and oxygen atoms in total. The minimum absolute atomic E-state index is 0.159. The van der Waals surface area contributed by atoms with Gasteiger partial charge in [-0.25, -0.2) is 0 Å². The second-order valence-electron chi connectivity index (χ2n) is 30.8. The molecule has 3 heterocycles. The van der Waals surface area contributed by atoms with E-state index in [1.165, 1.54) is 44.7 Å². The van der Waals surface area contributed by atoms with Crippen LogP contribution in [0.15, 0.2) is 237 Å². The van der Waals surface area contributed by atoms with Crippen LogP contribution in [-0.4, -0.2) is 139 Å². The van der Waals surface area contributed by atoms with Crippen molar-refractivity contribution in [2.75, 3.05) is 91.2 Å². The van der Waals surface area contributed by atoms with Gasteiger partial charge < -0.3 is 44.6 Å². The van der Waals surface area contributed by atoms with Crippen molar-refractivity contribution in [3.63, 3.8) is 0 Å². The van der Waals surface area contributed by atoms with Gasteiger partial charge in [0.2, 0.25) is 0 Å². The summed E-state index contributed by atoms with van der Waals surface area (Å²) in [4.78, 5) is 34.6. The van der Waals surface area contributed by atoms with E-state index in [4.69, 9.17) is 9.47 Å². The molecule has 0 amide bonds. The van der Waals surface area contributed by atoms with Gasteiger partial charge >= 0.3 is 11.9 Å². The van der Waals surface area contributed by atoms with Gasteiger partial charge in [0, 0.05) is 89.1 Å². The predicted molar refractivity (Wildman–Crippen MR) is 436 cm³/mol. The maximum absolute atomic E-state index is 12.5. The SMILES string of the molecule is CC(C)N1CC(c2ccc(/C(=C(/CCCO)c3ccccc3)c3ccc(O)cc3)cc2)C1.CN1CC(c2ccc(/C(=C(/CCCO)c3ccccc3)c3ccc(O)cc3)cc2)C1.CN1CCN(c2ccc(/C(=C(/CCCOC(=O)C(C)(C)C)c3ccccc3)c3ccc(OC(=O)C(C)(C)C)cc3)cc2)CC1. The Hall–Kier alpha value is -9.66. The number of likely N-dealkylation sites (N-methyl/N-ethyl adjacent to an activating group) is 2. The Morgan fingerprint density at radius 3 is 1.09 bits per heavy atom. The lowest BCUT2D eigenvalue weighted by Gasteiger charge is -2.42. The fourth-order valence-electron chi connectivity index (χ4n) is 13.9. The number of piperazine rings is 1. The zero-order chi connectivity index (χ0) is 75.3. The van der Waals surface area contributed by atoms with E-state index in [-0.39, 0.29) is 36.7 Å². The van der Waals surface area contributed by atoms with Crippen LogP contribution >= 0.6 is 0 Å². The van der Waals surface area contributed by atoms with Crippen molar-refractivity contribution in [2.24, 2.45) is 10.8 Å². The molecule has 554 valence electrons. The minimum Gasteiger partial charge on any atom is -0.508 e. The number of anilines is 1. The molecular weight excluding hydrogens is 1310 g/mol. The number of carbonyl (C=O) groups is 2. The van der Waals surface area contributed by atoms with Crippen LogP contribution in [-0.2, 0) is 14.3 Å². The van der Waals surface area contributed by atoms with Crippen molar-refractivity contribution in [3.05, 3.63) is 298 Å². The Labute approximate surface area is 630 Å². The van der Waals surface area contributed by atoms with Crippen LogP contribution in [0.5, 0.6) is 17.2 Å². The van der Waals surface area contributed by atoms with Gasteiger partial charge in [0.15, 0.2) is 0 Å². The highest BCUT2D eigenvalue weighted by Crippen LogP contribution is 2.41. The molecule has 3 aliphatic heterocycles. The maximum Gasteiger partial charge on any atom is 0.316 e. The standard InChI is InChI=1S/C38H48N2O4.C29H33NO2.C27H29NO2/c1-37(2,3)35(41)43-27-11-14-33(28-12-9-8-10-13-28)34(30-17-21-32(22-18-30)44-36(42)38(4,5)6)29-15-19-31(20-16-29)40-25-23-39(7)24-26-40;1-21(2)30-19-26(20-30)22-10-12-24(13-11-22)29(25-14-16-27(32)17-15-25)28(9-6-18-31)23-7-4-3-5-8-23;1-28-18-24(19-28)20-9-11-22(12-10-20)27(23-13-15-25(30)16-14-23)26(8-5-17-29)21-6-3-2-4-7-21/h8-10,12-13,15-22H,11,14,23-27H2,1-7H3;3-5,7-8,10-17,21,26,31-32H,6,9,18-20H2,1-2H3;2-4,6-7,9-16,24,29-30H,5,8,17-19H2,1H3/b34-33+;29-28+;27-26+. The number of phenolic OH excluding ortho intramolecular Hbond substituents is 2. The number of ether oxygens (including phenoxy) is 2. The van der Waals surface area contributed by atoms with E-state index >= 15 is 0 Å². The molecule has 3 fully saturated rings. The van der Waals surface area contributed by atoms with E-state index < -0.39 is 10.8 Å². The summed E-state index contributed by atoms with van der Waals surface area (Å²) in [7, 11) is 4.33. The van der Waals surface area contributed by atoms with Crippen LogP contribution in [0.25, 0.3) is 33.4 Å². The fourth-order valence-corrected chi connectivity index (χ4v) is 13.9. The largest absolute Gasteiger partial charge is 0.508 e. The zero-order valence-electron chi connectivity index (χ0n) is 64.0. The van der Waals surface area contributed by atoms with Gasteiger partial charge in [-0.3, -0.25) is 14.5 Å². The molecular formula is C94H110N4O8. The van der Waals surface area contributed by atoms with Crippen molar-refractivity contribution in [1.29, 1.82) is 0 Å². The lowest BCUT2D eigenvalue weighted by atomic mass is 9.85. The summed E-state index contributed by atoms with van der Waals surface area (Å²) in [6, 6.07) is 81.3. The average Bonchev–Trinajstić information content (AvgIpc) is 0.798. The van der Waals surface area contributed by atoms with E-state index in [0.29, 0.717) is 49.5 Å². The summed E-state index contributed by atoms with van der Waals surface area (Å²) >= 11 is 0. The molecule has 0 atom stereocenters. The molecule has 9 aromatic carbocycles. The second kappa shape index (κ2) is 37.5. The molecule has 0 aromatic heterocycles. The summed E-state index contributed by atoms with van der Waals surface area (Å²) in [6.07, 6.45) is 4.39. The van der Waals surface area contributed by atoms with E-state index in [1.54, 1.807) is 24.3 Å². The van der Waals surface area contributed by atoms with Gasteiger partial charge in [0.25, 0.3) is 0 Å². The van der Waals surface area contributed by atoms with Crippen LogP contribution in [0, 0.1) is 10.8 Å². The van der Waals surface area contributed by atoms with Gasteiger partial charge in [-0.15, -0.1) is 0 Å². The summed E-state index contributed by atoms with van der Waals surface area (Å²) in [5.41, 5.74) is 20.0. The van der Waals surface area contributed by atoms with Gasteiger partial charge in [-0.1, -0.05) is 188 Å². The molecule has 106 heavy (non-hydrogen) atoms. The van der Waals surface area contributed by atoms with Gasteiger partial charge in [0.05, 0.1) is 17.4 Å². The number of aliphatic hydroxyl groups excluding tert-OH is 2. The van der Waals surface area contributed by atoms with Crippen LogP contribution in [0.1, 0.15) is 167 Å². The van der Waals surface area contributed by atoms with Gasteiger partial charge in [-0.05, 0) is 251 Å². The van der Waals surface area contributed by atoms with Crippen LogP contribution < -0.4 is 9.64 Å². The Balaban J connectivity index is 0.000000174. The third-order valence-corrected chi connectivity index (χ3v) is 20.2. The topological polar surface area (TPSA) is 146 Å². The highest BCUT2D eigenvalue weighted by Gasteiger charge is 2.31. The predicted octanol–water partition coefficient (Wildman–Crippen LogP) is 18.8. The molecule has 3 saturated heterocycles. The molecule has 3 aliphatic rings. The van der Waals surface area contributed by atoms with E-state index in [0.717, 1.165) is 127 Å². The number of aromatic hydroxyl groups is 2. The monoisotopic (exact) mass is 1420 g/mol. The number of phenols is 2. The molecule has 4 N–H and O–H groups in total. The number of esters is 2. The smallest absolute Gasteiger partial charge is 0.316 e. The van der Waals surface area contributed by atoms with Crippen LogP contribution in [0.3, 0.4) is 0 Å². The molecule has 0 radical (unpaired) electrons. The van der Waals surface area contributed by atoms with Crippen molar-refractivity contribution >= 4 is 51.1 Å². The van der Waals surface area contributed by atoms with Crippen molar-refractivity contribution in [1.82, 2.24) is 14.7 Å². The third kappa shape index (κ3) is 21.5. The summed E-state index contributed by atoms with van der Waals surface area (Å²) in [5, 5.41) is 38.7. The number of benzene rings is 9. The second-order valence-corrected chi connectivity index (χ2v) is 30.8. The average molecular weight is 1420 g/mol. The first kappa shape index (κ1) is 78.9. The zero-order valence-corrected chi connectivity index (χ0v) is 64.0. The number of nitrogens with zero attached hydrogens (tertiary/aromatic N) is 4. The molecule has 9 aromatic rings. The van der Waals surface area contributed by atoms with Gasteiger partial charge in [0.1, 0.15) is 17.2 Å². The first-order valence-electron chi connectivity index (χ1n) is 37.9. The first-order valence-corrected chi connectivity index (χ1v) is 37.9. The number of likely N-dealkylation sites (tertiary alicyclic amines) is 2. The van der Waals surface area contributed by atoms with Crippen molar-refractivity contribution in [3.8, 4) is 17.2 Å². The Bertz CT molecular complexity index is 4330. The Kier molecular flexibility index (Phi) is 28.0. The highest BCUT2D eigenvalue weighted by molar-refractivity contribution is 6.01. The summed E-state index contributed by atoms with van der Waals surface area (Å²) < 4.78 is 11.3. The number of aliphatic hydroxyl groups is 2. The number of allylic oxidation sites excluding steroid dienone is 3. The Morgan fingerprint density at radius 1 is 0.406 bits per heavy atom. The normalized spacial score (nSPS) is 15.3. The Morgan fingerprint density at radius 2 is 0.745 bits per heavy atom. The minimum atomic E-state index is -0.591. The van der Waals surface area contributed by atoms with E-state index in [2.05, 4.69) is 193 Å². The molecule has 0 aliphatic carbocycles. The quantitative estimate of drug-likeness (QED) is 0.0198. The lowest BCUT2D eigenvalue weighted by molar-refractivity contribution is -0.153. The molecule has 12 heteroatoms. The summed E-state index contributed by atoms with van der Waals surface area (Å²) in [6.45, 7) is 25.0. The first-order chi connectivity index (χ1) is 51.0. The molecule has 12 rings (SSSR count). The van der Waals surface area contributed by atoms with E-state index in [1.807, 2.05) is 108 Å². The summed E-state index contributed by atoms with van der Waals surface area (Å²) in [5.74, 6) is 1.81.